The van der Waals surface area contributed by atoms with Crippen LogP contribution in [0.25, 0.3) is 6.08 Å². The van der Waals surface area contributed by atoms with Gasteiger partial charge in [-0.3, -0.25) is 4.79 Å². The lowest BCUT2D eigenvalue weighted by atomic mass is 10.1. The van der Waals surface area contributed by atoms with Crippen molar-refractivity contribution in [2.75, 3.05) is 14.2 Å². The highest BCUT2D eigenvalue weighted by Crippen LogP contribution is 2.29. The van der Waals surface area contributed by atoms with Crippen LogP contribution in [0.5, 0.6) is 11.5 Å². The minimum Gasteiger partial charge on any atom is -0.496 e. The first-order valence-electron chi connectivity index (χ1n) is 7.40. The Morgan fingerprint density at radius 2 is 1.61 bits per heavy atom. The molecule has 0 aliphatic rings. The van der Waals surface area contributed by atoms with Crippen LogP contribution in [-0.2, 0) is 4.79 Å². The van der Waals surface area contributed by atoms with Crippen molar-refractivity contribution in [1.29, 1.82) is 0 Å². The van der Waals surface area contributed by atoms with Gasteiger partial charge in [0.25, 0.3) is 0 Å². The van der Waals surface area contributed by atoms with Crippen molar-refractivity contribution in [2.45, 2.75) is 13.0 Å². The molecule has 0 heterocycles. The molecule has 1 atom stereocenters. The van der Waals surface area contributed by atoms with Crippen LogP contribution >= 0.6 is 0 Å². The average Bonchev–Trinajstić information content (AvgIpc) is 2.60. The van der Waals surface area contributed by atoms with Crippen LogP contribution in [0, 0.1) is 0 Å². The lowest BCUT2D eigenvalue weighted by molar-refractivity contribution is -0.117. The van der Waals surface area contributed by atoms with Crippen LogP contribution in [-0.4, -0.2) is 20.1 Å². The maximum atomic E-state index is 12.1. The first kappa shape index (κ1) is 16.6. The number of amides is 1. The van der Waals surface area contributed by atoms with Crippen LogP contribution < -0.4 is 14.8 Å². The van der Waals surface area contributed by atoms with Crippen molar-refractivity contribution in [3.05, 3.63) is 65.7 Å². The first-order chi connectivity index (χ1) is 11.2. The molecule has 4 nitrogen and oxygen atoms in total. The van der Waals surface area contributed by atoms with Gasteiger partial charge in [0.1, 0.15) is 11.5 Å². The fourth-order valence-electron chi connectivity index (χ4n) is 2.29. The highest BCUT2D eigenvalue weighted by atomic mass is 16.5. The standard InChI is InChI=1S/C19H21NO3/c1-14(15-8-5-4-6-9-15)20-19(21)13-12-16-17(22-2)10-7-11-18(16)23-3/h4-14H,1-3H3,(H,20,21). The highest BCUT2D eigenvalue weighted by molar-refractivity contribution is 5.92. The summed E-state index contributed by atoms with van der Waals surface area (Å²) in [5.41, 5.74) is 1.80. The quantitative estimate of drug-likeness (QED) is 0.829. The van der Waals surface area contributed by atoms with Gasteiger partial charge < -0.3 is 14.8 Å². The third kappa shape index (κ3) is 4.36. The fourth-order valence-corrected chi connectivity index (χ4v) is 2.29. The summed E-state index contributed by atoms with van der Waals surface area (Å²) in [6.45, 7) is 1.95. The smallest absolute Gasteiger partial charge is 0.244 e. The Kier molecular flexibility index (Phi) is 5.80. The number of ether oxygens (including phenoxy) is 2. The fraction of sp³-hybridized carbons (Fsp3) is 0.211. The second-order valence-electron chi connectivity index (χ2n) is 5.05. The van der Waals surface area contributed by atoms with E-state index >= 15 is 0 Å². The molecule has 0 bridgehead atoms. The zero-order valence-electron chi connectivity index (χ0n) is 13.6. The predicted molar refractivity (Wildman–Crippen MR) is 91.6 cm³/mol. The summed E-state index contributed by atoms with van der Waals surface area (Å²) in [7, 11) is 3.17. The number of benzene rings is 2. The van der Waals surface area contributed by atoms with Crippen molar-refractivity contribution < 1.29 is 14.3 Å². The number of rotatable bonds is 6. The highest BCUT2D eigenvalue weighted by Gasteiger charge is 2.09. The van der Waals surface area contributed by atoms with E-state index in [0.717, 1.165) is 11.1 Å². The molecule has 0 saturated carbocycles. The van der Waals surface area contributed by atoms with E-state index in [1.807, 2.05) is 55.5 Å². The van der Waals surface area contributed by atoms with Gasteiger partial charge >= 0.3 is 0 Å². The maximum absolute atomic E-state index is 12.1. The molecular formula is C19H21NO3. The Labute approximate surface area is 136 Å². The number of carbonyl (C=O) groups excluding carboxylic acids is 1. The summed E-state index contributed by atoms with van der Waals surface area (Å²) >= 11 is 0. The van der Waals surface area contributed by atoms with Crippen molar-refractivity contribution in [3.8, 4) is 11.5 Å². The summed E-state index contributed by atoms with van der Waals surface area (Å²) in [5.74, 6) is 1.14. The minimum atomic E-state index is -0.172. The van der Waals surface area contributed by atoms with Crippen LogP contribution in [0.1, 0.15) is 24.1 Å². The molecule has 0 fully saturated rings. The Hall–Kier alpha value is -2.75. The predicted octanol–water partition coefficient (Wildman–Crippen LogP) is 3.59. The molecule has 0 radical (unpaired) electrons. The summed E-state index contributed by atoms with van der Waals surface area (Å²) in [6.07, 6.45) is 3.19. The van der Waals surface area contributed by atoms with E-state index in [0.29, 0.717) is 11.5 Å². The van der Waals surface area contributed by atoms with Crippen molar-refractivity contribution in [2.24, 2.45) is 0 Å². The SMILES string of the molecule is COc1cccc(OC)c1C=CC(=O)NC(C)c1ccccc1. The second-order valence-corrected chi connectivity index (χ2v) is 5.05. The Balaban J connectivity index is 2.10. The van der Waals surface area contributed by atoms with E-state index in [1.54, 1.807) is 20.3 Å². The molecule has 0 saturated heterocycles. The van der Waals surface area contributed by atoms with E-state index in [4.69, 9.17) is 9.47 Å². The van der Waals surface area contributed by atoms with Crippen molar-refractivity contribution in [1.82, 2.24) is 5.32 Å². The average molecular weight is 311 g/mol. The molecule has 1 unspecified atom stereocenters. The van der Waals surface area contributed by atoms with Gasteiger partial charge in [0.2, 0.25) is 5.91 Å². The molecule has 4 heteroatoms. The second kappa shape index (κ2) is 8.03. The van der Waals surface area contributed by atoms with E-state index in [9.17, 15) is 4.79 Å². The summed E-state index contributed by atoms with van der Waals surface area (Å²) in [5, 5.41) is 2.93. The third-order valence-electron chi connectivity index (χ3n) is 3.53. The van der Waals surface area contributed by atoms with Gasteiger partial charge in [0.15, 0.2) is 0 Å². The summed E-state index contributed by atoms with van der Waals surface area (Å²) < 4.78 is 10.6. The normalized spacial score (nSPS) is 12.0. The monoisotopic (exact) mass is 311 g/mol. The van der Waals surface area contributed by atoms with Gasteiger partial charge in [-0.25, -0.2) is 0 Å². The van der Waals surface area contributed by atoms with Crippen LogP contribution in [0.4, 0.5) is 0 Å². The molecule has 2 aromatic rings. The number of methoxy groups -OCH3 is 2. The molecule has 0 aromatic heterocycles. The Morgan fingerprint density at radius 1 is 1.00 bits per heavy atom. The third-order valence-corrected chi connectivity index (χ3v) is 3.53. The van der Waals surface area contributed by atoms with E-state index in [-0.39, 0.29) is 11.9 Å². The van der Waals surface area contributed by atoms with Crippen LogP contribution in [0.15, 0.2) is 54.6 Å². The lowest BCUT2D eigenvalue weighted by Gasteiger charge is -2.13. The number of nitrogens with one attached hydrogen (secondary N) is 1. The Morgan fingerprint density at radius 3 is 2.17 bits per heavy atom. The zero-order valence-corrected chi connectivity index (χ0v) is 13.6. The van der Waals surface area contributed by atoms with Crippen LogP contribution in [0.2, 0.25) is 0 Å². The molecule has 0 aliphatic heterocycles. The molecule has 2 rings (SSSR count). The topological polar surface area (TPSA) is 47.6 Å². The maximum Gasteiger partial charge on any atom is 0.244 e. The van der Waals surface area contributed by atoms with Gasteiger partial charge in [-0.15, -0.1) is 0 Å². The lowest BCUT2D eigenvalue weighted by Crippen LogP contribution is -2.24. The van der Waals surface area contributed by atoms with Crippen molar-refractivity contribution >= 4 is 12.0 Å². The van der Waals surface area contributed by atoms with Crippen LogP contribution in [0.3, 0.4) is 0 Å². The molecule has 0 aliphatic carbocycles. The van der Waals surface area contributed by atoms with E-state index in [1.165, 1.54) is 6.08 Å². The Bertz CT molecular complexity index is 658. The molecule has 2 aromatic carbocycles. The molecule has 0 spiro atoms. The van der Waals surface area contributed by atoms with E-state index < -0.39 is 0 Å². The zero-order chi connectivity index (χ0) is 16.7. The molecule has 120 valence electrons. The largest absolute Gasteiger partial charge is 0.496 e. The van der Waals surface area contributed by atoms with Gasteiger partial charge in [0.05, 0.1) is 25.8 Å². The minimum absolute atomic E-state index is 0.0621. The van der Waals surface area contributed by atoms with Gasteiger partial charge in [-0.05, 0) is 30.7 Å². The van der Waals surface area contributed by atoms with Crippen molar-refractivity contribution in [3.63, 3.8) is 0 Å². The molecule has 1 N–H and O–H groups in total. The molecular weight excluding hydrogens is 290 g/mol. The number of hydrogen-bond acceptors (Lipinski definition) is 3. The summed E-state index contributed by atoms with van der Waals surface area (Å²) in [4.78, 5) is 12.1. The van der Waals surface area contributed by atoms with Gasteiger partial charge in [0, 0.05) is 6.08 Å². The van der Waals surface area contributed by atoms with Gasteiger partial charge in [-0.1, -0.05) is 36.4 Å². The molecule has 23 heavy (non-hydrogen) atoms. The summed E-state index contributed by atoms with van der Waals surface area (Å²) in [6, 6.07) is 15.3. The number of hydrogen-bond donors (Lipinski definition) is 1. The number of carbonyl (C=O) groups is 1. The van der Waals surface area contributed by atoms with Gasteiger partial charge in [-0.2, -0.15) is 0 Å². The first-order valence-corrected chi connectivity index (χ1v) is 7.40. The van der Waals surface area contributed by atoms with E-state index in [2.05, 4.69) is 5.32 Å². The molecule has 1 amide bonds.